The lowest BCUT2D eigenvalue weighted by Crippen LogP contribution is -2.04. The standard InChI is InChI=1S/C31H56/c1-24(2)13-9-11-15-30(16-12-10-14-25(3)4)31-22-28(19-17-26(5)6)21-29(23-31)20-18-27(7)8/h21-27,30H,9-20H2,1-8H3. The second-order valence-corrected chi connectivity index (χ2v) is 12.0. The van der Waals surface area contributed by atoms with Gasteiger partial charge < -0.3 is 0 Å². The second kappa shape index (κ2) is 15.9. The molecule has 0 atom stereocenters. The van der Waals surface area contributed by atoms with Crippen LogP contribution in [-0.4, -0.2) is 0 Å². The zero-order valence-corrected chi connectivity index (χ0v) is 22.6. The average Bonchev–Trinajstić information content (AvgIpc) is 2.69. The average molecular weight is 429 g/mol. The molecular formula is C31H56. The van der Waals surface area contributed by atoms with Crippen molar-refractivity contribution < 1.29 is 0 Å². The Kier molecular flexibility index (Phi) is 14.5. The van der Waals surface area contributed by atoms with Crippen molar-refractivity contribution in [2.45, 2.75) is 138 Å². The van der Waals surface area contributed by atoms with Gasteiger partial charge in [-0.05, 0) is 84.8 Å². The molecule has 0 aliphatic heterocycles. The summed E-state index contributed by atoms with van der Waals surface area (Å²) in [7, 11) is 0. The van der Waals surface area contributed by atoms with Gasteiger partial charge >= 0.3 is 0 Å². The molecule has 0 radical (unpaired) electrons. The molecule has 180 valence electrons. The van der Waals surface area contributed by atoms with Gasteiger partial charge in [0.25, 0.3) is 0 Å². The topological polar surface area (TPSA) is 0 Å². The van der Waals surface area contributed by atoms with Gasteiger partial charge in [0, 0.05) is 0 Å². The van der Waals surface area contributed by atoms with Gasteiger partial charge in [0.2, 0.25) is 0 Å². The highest BCUT2D eigenvalue weighted by Crippen LogP contribution is 2.31. The van der Waals surface area contributed by atoms with Crippen molar-refractivity contribution in [3.05, 3.63) is 34.9 Å². The Morgan fingerprint density at radius 3 is 1.16 bits per heavy atom. The third kappa shape index (κ3) is 14.1. The Hall–Kier alpha value is -0.780. The predicted octanol–water partition coefficient (Wildman–Crippen LogP) is 10.4. The SMILES string of the molecule is CC(C)CCCCC(CCCCC(C)C)c1cc(CCC(C)C)cc(CCC(C)C)c1. The van der Waals surface area contributed by atoms with Crippen molar-refractivity contribution >= 4 is 0 Å². The van der Waals surface area contributed by atoms with E-state index in [0.29, 0.717) is 0 Å². The Bertz CT molecular complexity index is 517. The van der Waals surface area contributed by atoms with Crippen molar-refractivity contribution in [3.8, 4) is 0 Å². The first-order chi connectivity index (χ1) is 14.7. The smallest absolute Gasteiger partial charge is 0.0162 e. The molecule has 0 amide bonds. The third-order valence-electron chi connectivity index (χ3n) is 6.74. The number of rotatable bonds is 17. The Balaban J connectivity index is 2.96. The zero-order chi connectivity index (χ0) is 23.2. The molecule has 0 N–H and O–H groups in total. The van der Waals surface area contributed by atoms with Crippen LogP contribution in [0.3, 0.4) is 0 Å². The lowest BCUT2D eigenvalue weighted by molar-refractivity contribution is 0.458. The van der Waals surface area contributed by atoms with Crippen molar-refractivity contribution in [3.63, 3.8) is 0 Å². The molecule has 0 fully saturated rings. The van der Waals surface area contributed by atoms with Crippen LogP contribution in [0, 0.1) is 23.7 Å². The van der Waals surface area contributed by atoms with Crippen molar-refractivity contribution in [1.29, 1.82) is 0 Å². The first-order valence-electron chi connectivity index (χ1n) is 13.8. The summed E-state index contributed by atoms with van der Waals surface area (Å²) in [5.41, 5.74) is 4.85. The minimum absolute atomic E-state index is 0.760. The molecule has 0 saturated carbocycles. The first-order valence-corrected chi connectivity index (χ1v) is 13.8. The second-order valence-electron chi connectivity index (χ2n) is 12.0. The number of hydrogen-bond acceptors (Lipinski definition) is 0. The van der Waals surface area contributed by atoms with Crippen molar-refractivity contribution in [2.24, 2.45) is 23.7 Å². The minimum atomic E-state index is 0.760. The van der Waals surface area contributed by atoms with Crippen LogP contribution in [0.2, 0.25) is 0 Å². The summed E-state index contributed by atoms with van der Waals surface area (Å²) in [6.07, 6.45) is 16.2. The van der Waals surface area contributed by atoms with Gasteiger partial charge in [0.1, 0.15) is 0 Å². The maximum Gasteiger partial charge on any atom is -0.0162 e. The molecule has 0 aliphatic carbocycles. The van der Waals surface area contributed by atoms with Crippen LogP contribution >= 0.6 is 0 Å². The Labute approximate surface area is 197 Å². The molecule has 0 aromatic heterocycles. The van der Waals surface area contributed by atoms with E-state index in [2.05, 4.69) is 73.6 Å². The van der Waals surface area contributed by atoms with Gasteiger partial charge in [-0.1, -0.05) is 112 Å². The largest absolute Gasteiger partial charge is 0.0628 e. The summed E-state index contributed by atoms with van der Waals surface area (Å²) in [5.74, 6) is 4.00. The van der Waals surface area contributed by atoms with Gasteiger partial charge in [0.05, 0.1) is 0 Å². The summed E-state index contributed by atoms with van der Waals surface area (Å²) in [6.45, 7) is 18.9. The van der Waals surface area contributed by atoms with Crippen LogP contribution in [-0.2, 0) is 12.8 Å². The van der Waals surface area contributed by atoms with E-state index >= 15 is 0 Å². The molecule has 0 aliphatic rings. The monoisotopic (exact) mass is 428 g/mol. The fraction of sp³-hybridized carbons (Fsp3) is 0.806. The van der Waals surface area contributed by atoms with Gasteiger partial charge in [-0.3, -0.25) is 0 Å². The zero-order valence-electron chi connectivity index (χ0n) is 22.6. The molecule has 0 spiro atoms. The van der Waals surface area contributed by atoms with Crippen LogP contribution in [0.5, 0.6) is 0 Å². The van der Waals surface area contributed by atoms with Crippen LogP contribution in [0.1, 0.15) is 142 Å². The molecule has 0 nitrogen and oxygen atoms in total. The third-order valence-corrected chi connectivity index (χ3v) is 6.74. The van der Waals surface area contributed by atoms with Gasteiger partial charge in [-0.25, -0.2) is 0 Å². The lowest BCUT2D eigenvalue weighted by Gasteiger charge is -2.21. The fourth-order valence-corrected chi connectivity index (χ4v) is 4.59. The van der Waals surface area contributed by atoms with E-state index in [0.717, 1.165) is 29.6 Å². The van der Waals surface area contributed by atoms with Gasteiger partial charge in [-0.15, -0.1) is 0 Å². The van der Waals surface area contributed by atoms with E-state index in [-0.39, 0.29) is 0 Å². The van der Waals surface area contributed by atoms with E-state index in [4.69, 9.17) is 0 Å². The van der Waals surface area contributed by atoms with Crippen LogP contribution < -0.4 is 0 Å². The molecule has 31 heavy (non-hydrogen) atoms. The van der Waals surface area contributed by atoms with E-state index < -0.39 is 0 Å². The quantitative estimate of drug-likeness (QED) is 0.216. The highest BCUT2D eigenvalue weighted by molar-refractivity contribution is 5.33. The highest BCUT2D eigenvalue weighted by atomic mass is 14.2. The number of benzene rings is 1. The highest BCUT2D eigenvalue weighted by Gasteiger charge is 2.14. The van der Waals surface area contributed by atoms with Crippen molar-refractivity contribution in [1.82, 2.24) is 0 Å². The molecular weight excluding hydrogens is 372 g/mol. The molecule has 0 unspecified atom stereocenters. The normalized spacial score (nSPS) is 12.3. The maximum atomic E-state index is 2.59. The first kappa shape index (κ1) is 28.3. The molecule has 1 aromatic carbocycles. The summed E-state index contributed by atoms with van der Waals surface area (Å²) in [4.78, 5) is 0. The van der Waals surface area contributed by atoms with E-state index in [1.54, 1.807) is 16.7 Å². The molecule has 0 bridgehead atoms. The van der Waals surface area contributed by atoms with Crippen molar-refractivity contribution in [2.75, 3.05) is 0 Å². The van der Waals surface area contributed by atoms with Crippen LogP contribution in [0.4, 0.5) is 0 Å². The van der Waals surface area contributed by atoms with Crippen LogP contribution in [0.15, 0.2) is 18.2 Å². The lowest BCUT2D eigenvalue weighted by atomic mass is 9.84. The van der Waals surface area contributed by atoms with Gasteiger partial charge in [-0.2, -0.15) is 0 Å². The molecule has 0 heterocycles. The summed E-state index contributed by atoms with van der Waals surface area (Å²) in [6, 6.07) is 7.72. The van der Waals surface area contributed by atoms with Crippen LogP contribution in [0.25, 0.3) is 0 Å². The molecule has 0 heteroatoms. The number of unbranched alkanes of at least 4 members (excludes halogenated alkanes) is 2. The minimum Gasteiger partial charge on any atom is -0.0628 e. The number of aryl methyl sites for hydroxylation is 2. The summed E-state index contributed by atoms with van der Waals surface area (Å²) in [5, 5.41) is 0. The molecule has 0 saturated heterocycles. The van der Waals surface area contributed by atoms with E-state index in [1.165, 1.54) is 77.0 Å². The molecule has 1 aromatic rings. The summed E-state index contributed by atoms with van der Waals surface area (Å²) >= 11 is 0. The van der Waals surface area contributed by atoms with E-state index in [9.17, 15) is 0 Å². The predicted molar refractivity (Wildman–Crippen MR) is 142 cm³/mol. The Morgan fingerprint density at radius 1 is 0.452 bits per heavy atom. The Morgan fingerprint density at radius 2 is 0.806 bits per heavy atom. The molecule has 1 rings (SSSR count). The summed E-state index contributed by atoms with van der Waals surface area (Å²) < 4.78 is 0. The maximum absolute atomic E-state index is 2.59. The van der Waals surface area contributed by atoms with E-state index in [1.807, 2.05) is 0 Å². The fourth-order valence-electron chi connectivity index (χ4n) is 4.59. The van der Waals surface area contributed by atoms with Gasteiger partial charge in [0.15, 0.2) is 0 Å². The number of hydrogen-bond donors (Lipinski definition) is 0.